The Labute approximate surface area is 158 Å². The minimum absolute atomic E-state index is 0.151. The molecule has 3 rings (SSSR count). The van der Waals surface area contributed by atoms with Gasteiger partial charge in [0.15, 0.2) is 0 Å². The van der Waals surface area contributed by atoms with E-state index >= 15 is 0 Å². The molecule has 1 aliphatic rings. The zero-order valence-electron chi connectivity index (χ0n) is 15.6. The first-order chi connectivity index (χ1) is 13.0. The number of hydrogen-bond acceptors (Lipinski definition) is 5. The first kappa shape index (κ1) is 19.1. The summed E-state index contributed by atoms with van der Waals surface area (Å²) in [5, 5.41) is 16.2. The zero-order chi connectivity index (χ0) is 19.4. The summed E-state index contributed by atoms with van der Waals surface area (Å²) in [5.74, 6) is 0.130. The lowest BCUT2D eigenvalue weighted by atomic mass is 9.88. The Morgan fingerprint density at radius 1 is 1.37 bits per heavy atom. The molecule has 2 aromatic rings. The minimum Gasteiger partial charge on any atom is -0.394 e. The molecule has 0 radical (unpaired) electrons. The van der Waals surface area contributed by atoms with Gasteiger partial charge >= 0.3 is 0 Å². The average Bonchev–Trinajstić information content (AvgIpc) is 3.30. The predicted octanol–water partition coefficient (Wildman–Crippen LogP) is 1.76. The third-order valence-corrected chi connectivity index (χ3v) is 5.04. The number of aromatic nitrogens is 1. The molecule has 0 spiro atoms. The molecule has 2 amide bonds. The zero-order valence-corrected chi connectivity index (χ0v) is 15.6. The molecule has 1 saturated heterocycles. The van der Waals surface area contributed by atoms with Gasteiger partial charge in [0.05, 0.1) is 6.61 Å². The number of carbonyl (C=O) groups is 2. The summed E-state index contributed by atoms with van der Waals surface area (Å²) in [6, 6.07) is 11.1. The summed E-state index contributed by atoms with van der Waals surface area (Å²) < 4.78 is 5.50. The third kappa shape index (κ3) is 3.88. The van der Waals surface area contributed by atoms with Crippen molar-refractivity contribution in [3.63, 3.8) is 0 Å². The lowest BCUT2D eigenvalue weighted by molar-refractivity contribution is -0.144. The summed E-state index contributed by atoms with van der Waals surface area (Å²) in [7, 11) is 0. The van der Waals surface area contributed by atoms with E-state index in [0.717, 1.165) is 12.0 Å². The summed E-state index contributed by atoms with van der Waals surface area (Å²) >= 11 is 0. The van der Waals surface area contributed by atoms with Crippen LogP contribution >= 0.6 is 0 Å². The van der Waals surface area contributed by atoms with Gasteiger partial charge in [-0.25, -0.2) is 0 Å². The lowest BCUT2D eigenvalue weighted by Gasteiger charge is -2.36. The minimum atomic E-state index is -1.03. The van der Waals surface area contributed by atoms with E-state index in [4.69, 9.17) is 4.52 Å². The number of hydrogen-bond donors (Lipinski definition) is 2. The summed E-state index contributed by atoms with van der Waals surface area (Å²) in [4.78, 5) is 26.9. The van der Waals surface area contributed by atoms with Crippen molar-refractivity contribution >= 4 is 11.8 Å². The highest BCUT2D eigenvalue weighted by Crippen LogP contribution is 2.34. The highest BCUT2D eigenvalue weighted by Gasteiger charge is 2.49. The average molecular weight is 371 g/mol. The predicted molar refractivity (Wildman–Crippen MR) is 99.7 cm³/mol. The van der Waals surface area contributed by atoms with Crippen LogP contribution < -0.4 is 5.32 Å². The van der Waals surface area contributed by atoms with E-state index in [0.29, 0.717) is 24.4 Å². The van der Waals surface area contributed by atoms with E-state index in [9.17, 15) is 14.7 Å². The second-order valence-corrected chi connectivity index (χ2v) is 7.08. The van der Waals surface area contributed by atoms with Gasteiger partial charge in [-0.2, -0.15) is 0 Å². The fraction of sp³-hybridized carbons (Fsp3) is 0.450. The Bertz CT molecular complexity index is 805. The van der Waals surface area contributed by atoms with Crippen molar-refractivity contribution in [1.82, 2.24) is 15.4 Å². The number of aliphatic hydroxyl groups is 1. The van der Waals surface area contributed by atoms with Crippen LogP contribution in [0.25, 0.3) is 11.3 Å². The summed E-state index contributed by atoms with van der Waals surface area (Å²) in [6.07, 6.45) is 1.52. The van der Waals surface area contributed by atoms with Crippen molar-refractivity contribution in [2.24, 2.45) is 0 Å². The molecule has 1 aliphatic heterocycles. The molecule has 0 bridgehead atoms. The third-order valence-electron chi connectivity index (χ3n) is 5.04. The number of benzene rings is 1. The van der Waals surface area contributed by atoms with Crippen LogP contribution in [-0.4, -0.2) is 51.7 Å². The molecule has 27 heavy (non-hydrogen) atoms. The van der Waals surface area contributed by atoms with Gasteiger partial charge in [0.1, 0.15) is 17.0 Å². The largest absolute Gasteiger partial charge is 0.394 e. The smallest absolute Gasteiger partial charge is 0.246 e. The fourth-order valence-corrected chi connectivity index (χ4v) is 3.67. The molecule has 0 saturated carbocycles. The van der Waals surface area contributed by atoms with Gasteiger partial charge in [0, 0.05) is 37.6 Å². The SMILES string of the molecule is CC(=O)N1CCC[C@]1(Cc1cc(-c2ccccc2)no1)C(=O)N[C@@H](C)CO. The molecule has 7 nitrogen and oxygen atoms in total. The van der Waals surface area contributed by atoms with Crippen LogP contribution in [0.1, 0.15) is 32.4 Å². The topological polar surface area (TPSA) is 95.7 Å². The van der Waals surface area contributed by atoms with E-state index in [2.05, 4.69) is 10.5 Å². The van der Waals surface area contributed by atoms with Gasteiger partial charge in [0.2, 0.25) is 11.8 Å². The van der Waals surface area contributed by atoms with Crippen LogP contribution in [0.5, 0.6) is 0 Å². The van der Waals surface area contributed by atoms with Crippen LogP contribution in [0.4, 0.5) is 0 Å². The molecule has 1 fully saturated rings. The van der Waals surface area contributed by atoms with Gasteiger partial charge < -0.3 is 19.8 Å². The lowest BCUT2D eigenvalue weighted by Crippen LogP contribution is -2.59. The number of carbonyl (C=O) groups excluding carboxylic acids is 2. The molecular weight excluding hydrogens is 346 g/mol. The molecule has 0 aliphatic carbocycles. The van der Waals surface area contributed by atoms with Crippen LogP contribution in [-0.2, 0) is 16.0 Å². The Kier molecular flexibility index (Phi) is 5.60. The number of aliphatic hydroxyl groups excluding tert-OH is 1. The highest BCUT2D eigenvalue weighted by atomic mass is 16.5. The van der Waals surface area contributed by atoms with Gasteiger partial charge in [0.25, 0.3) is 0 Å². The van der Waals surface area contributed by atoms with E-state index in [-0.39, 0.29) is 24.8 Å². The maximum atomic E-state index is 13.1. The van der Waals surface area contributed by atoms with E-state index in [1.807, 2.05) is 36.4 Å². The standard InChI is InChI=1S/C20H25N3O4/c1-14(13-24)21-19(26)20(9-6-10-23(20)15(2)25)12-17-11-18(22-27-17)16-7-4-3-5-8-16/h3-5,7-8,11,14,24H,6,9-10,12-13H2,1-2H3,(H,21,26)/t14-,20-/m0/s1. The molecule has 2 atom stereocenters. The number of rotatable bonds is 6. The molecule has 1 aromatic carbocycles. The van der Waals surface area contributed by atoms with Gasteiger partial charge in [-0.3, -0.25) is 9.59 Å². The molecule has 2 heterocycles. The monoisotopic (exact) mass is 371 g/mol. The van der Waals surface area contributed by atoms with Crippen LogP contribution in [0.15, 0.2) is 40.9 Å². The molecule has 1 aromatic heterocycles. The summed E-state index contributed by atoms with van der Waals surface area (Å²) in [5.41, 5.74) is 0.593. The second-order valence-electron chi connectivity index (χ2n) is 7.08. The van der Waals surface area contributed by atoms with Crippen molar-refractivity contribution in [3.05, 3.63) is 42.2 Å². The number of nitrogens with zero attached hydrogens (tertiary/aromatic N) is 2. The first-order valence-electron chi connectivity index (χ1n) is 9.17. The quantitative estimate of drug-likeness (QED) is 0.807. The number of likely N-dealkylation sites (tertiary alicyclic amines) is 1. The van der Waals surface area contributed by atoms with E-state index < -0.39 is 11.6 Å². The van der Waals surface area contributed by atoms with E-state index in [1.54, 1.807) is 11.8 Å². The Morgan fingerprint density at radius 3 is 2.78 bits per heavy atom. The second kappa shape index (κ2) is 7.92. The molecule has 7 heteroatoms. The van der Waals surface area contributed by atoms with Gasteiger partial charge in [-0.1, -0.05) is 35.5 Å². The molecular formula is C20H25N3O4. The van der Waals surface area contributed by atoms with Crippen LogP contribution in [0, 0.1) is 0 Å². The Morgan fingerprint density at radius 2 is 2.11 bits per heavy atom. The molecule has 2 N–H and O–H groups in total. The normalized spacial score (nSPS) is 20.5. The molecule has 144 valence electrons. The Balaban J connectivity index is 1.89. The first-order valence-corrected chi connectivity index (χ1v) is 9.17. The van der Waals surface area contributed by atoms with Crippen molar-refractivity contribution in [1.29, 1.82) is 0 Å². The van der Waals surface area contributed by atoms with Crippen molar-refractivity contribution in [2.75, 3.05) is 13.2 Å². The number of nitrogens with one attached hydrogen (secondary N) is 1. The highest BCUT2D eigenvalue weighted by molar-refractivity contribution is 5.92. The van der Waals surface area contributed by atoms with Crippen molar-refractivity contribution < 1.29 is 19.2 Å². The van der Waals surface area contributed by atoms with Crippen LogP contribution in [0.3, 0.4) is 0 Å². The van der Waals surface area contributed by atoms with Crippen molar-refractivity contribution in [3.8, 4) is 11.3 Å². The fourth-order valence-electron chi connectivity index (χ4n) is 3.67. The van der Waals surface area contributed by atoms with Crippen LogP contribution in [0.2, 0.25) is 0 Å². The molecule has 0 unspecified atom stereocenters. The van der Waals surface area contributed by atoms with Crippen molar-refractivity contribution in [2.45, 2.75) is 44.7 Å². The van der Waals surface area contributed by atoms with Gasteiger partial charge in [-0.15, -0.1) is 0 Å². The van der Waals surface area contributed by atoms with Gasteiger partial charge in [-0.05, 0) is 19.8 Å². The number of amides is 2. The van der Waals surface area contributed by atoms with E-state index in [1.165, 1.54) is 6.92 Å². The maximum absolute atomic E-state index is 13.1. The Hall–Kier alpha value is -2.67. The maximum Gasteiger partial charge on any atom is 0.246 e. The summed E-state index contributed by atoms with van der Waals surface area (Å²) in [6.45, 7) is 3.55.